The molecule has 0 saturated carbocycles. The highest BCUT2D eigenvalue weighted by Crippen LogP contribution is 2.36. The Kier molecular flexibility index (Phi) is 7.88. The summed E-state index contributed by atoms with van der Waals surface area (Å²) >= 11 is 7.47. The monoisotopic (exact) mass is 491 g/mol. The fourth-order valence-electron chi connectivity index (χ4n) is 3.55. The molecule has 2 aromatic carbocycles. The first kappa shape index (κ1) is 24.6. The Morgan fingerprint density at radius 1 is 1.16 bits per heavy atom. The number of aryl methyl sites for hydroxylation is 1. The third-order valence-corrected chi connectivity index (χ3v) is 8.44. The molecule has 0 unspecified atom stereocenters. The highest BCUT2D eigenvalue weighted by molar-refractivity contribution is 8.00. The molecule has 2 aromatic rings. The number of hydrogen-bond acceptors (Lipinski definition) is 5. The summed E-state index contributed by atoms with van der Waals surface area (Å²) in [5, 5.41) is 9.91. The van der Waals surface area contributed by atoms with Crippen molar-refractivity contribution >= 4 is 39.3 Å². The van der Waals surface area contributed by atoms with Crippen LogP contribution in [0.2, 0.25) is 5.02 Å². The molecule has 1 aliphatic rings. The molecule has 1 fully saturated rings. The molecule has 6 nitrogen and oxygen atoms in total. The van der Waals surface area contributed by atoms with E-state index in [9.17, 15) is 18.5 Å². The lowest BCUT2D eigenvalue weighted by atomic mass is 10.1. The number of halogens is 1. The lowest BCUT2D eigenvalue weighted by Gasteiger charge is -2.34. The maximum Gasteiger partial charge on any atom is 0.244 e. The maximum absolute atomic E-state index is 13.5. The van der Waals surface area contributed by atoms with Crippen molar-refractivity contribution in [1.29, 1.82) is 5.26 Å². The zero-order valence-electron chi connectivity index (χ0n) is 18.3. The lowest BCUT2D eigenvalue weighted by molar-refractivity contribution is -0.133. The second-order valence-electron chi connectivity index (χ2n) is 8.22. The number of amides is 1. The van der Waals surface area contributed by atoms with Gasteiger partial charge in [-0.2, -0.15) is 9.57 Å². The molecule has 0 aliphatic carbocycles. The predicted octanol–water partition coefficient (Wildman–Crippen LogP) is 4.55. The average molecular weight is 492 g/mol. The second-order valence-corrected chi connectivity index (χ2v) is 11.7. The molecule has 0 N–H and O–H groups in total. The summed E-state index contributed by atoms with van der Waals surface area (Å²) in [7, 11) is -3.85. The van der Waals surface area contributed by atoms with Crippen LogP contribution >= 0.6 is 23.4 Å². The molecule has 170 valence electrons. The predicted molar refractivity (Wildman–Crippen MR) is 126 cm³/mol. The van der Waals surface area contributed by atoms with E-state index in [1.54, 1.807) is 23.1 Å². The van der Waals surface area contributed by atoms with E-state index in [0.29, 0.717) is 29.4 Å². The summed E-state index contributed by atoms with van der Waals surface area (Å²) in [6.07, 6.45) is 0.455. The summed E-state index contributed by atoms with van der Waals surface area (Å²) in [5.74, 6) is 0.309. The third kappa shape index (κ3) is 5.84. The largest absolute Gasteiger partial charge is 0.340 e. The zero-order chi connectivity index (χ0) is 23.5. The Balaban J connectivity index is 1.87. The van der Waals surface area contributed by atoms with Crippen LogP contribution in [-0.2, 0) is 14.8 Å². The smallest absolute Gasteiger partial charge is 0.244 e. The van der Waals surface area contributed by atoms with E-state index in [1.807, 2.05) is 39.0 Å². The molecule has 0 spiro atoms. The minimum absolute atomic E-state index is 0.0519. The van der Waals surface area contributed by atoms with Crippen molar-refractivity contribution in [2.75, 3.05) is 26.2 Å². The quantitative estimate of drug-likeness (QED) is 0.592. The van der Waals surface area contributed by atoms with Crippen LogP contribution in [0, 0.1) is 24.2 Å². The summed E-state index contributed by atoms with van der Waals surface area (Å²) < 4.78 is 28.5. The molecule has 0 aromatic heterocycles. The lowest BCUT2D eigenvalue weighted by Crippen LogP contribution is -2.50. The molecular weight excluding hydrogens is 466 g/mol. The highest BCUT2D eigenvalue weighted by Gasteiger charge is 2.32. The molecule has 9 heteroatoms. The van der Waals surface area contributed by atoms with Gasteiger partial charge < -0.3 is 4.90 Å². The maximum atomic E-state index is 13.5. The Bertz CT molecular complexity index is 1130. The van der Waals surface area contributed by atoms with Gasteiger partial charge in [0.25, 0.3) is 0 Å². The number of carbonyl (C=O) groups is 1. The normalized spacial score (nSPS) is 15.1. The van der Waals surface area contributed by atoms with Crippen molar-refractivity contribution in [2.45, 2.75) is 41.9 Å². The number of carbonyl (C=O) groups excluding carboxylic acids is 1. The third-order valence-electron chi connectivity index (χ3n) is 5.11. The number of rotatable bonds is 6. The van der Waals surface area contributed by atoms with Crippen LogP contribution in [0.15, 0.2) is 51.1 Å². The first-order chi connectivity index (χ1) is 15.1. The van der Waals surface area contributed by atoms with Gasteiger partial charge in [-0.1, -0.05) is 37.2 Å². The Morgan fingerprint density at radius 2 is 1.84 bits per heavy atom. The minimum Gasteiger partial charge on any atom is -0.340 e. The van der Waals surface area contributed by atoms with Gasteiger partial charge in [0.15, 0.2) is 0 Å². The van der Waals surface area contributed by atoms with Crippen LogP contribution in [0.1, 0.15) is 31.4 Å². The fraction of sp³-hybridized carbons (Fsp3) is 0.391. The van der Waals surface area contributed by atoms with Gasteiger partial charge in [-0.05, 0) is 54.8 Å². The van der Waals surface area contributed by atoms with E-state index < -0.39 is 10.0 Å². The number of nitrogens with zero attached hydrogens (tertiary/aromatic N) is 3. The Hall–Kier alpha value is -2.05. The SMILES string of the molecule is Cc1cc(Cl)cc(Sc2ccc(C#N)cc2S(=O)(=O)N2CCN(C(=O)CC(C)C)CC2)c1. The van der Waals surface area contributed by atoms with Crippen molar-refractivity contribution in [3.8, 4) is 6.07 Å². The van der Waals surface area contributed by atoms with Crippen LogP contribution < -0.4 is 0 Å². The van der Waals surface area contributed by atoms with Crippen molar-refractivity contribution < 1.29 is 13.2 Å². The van der Waals surface area contributed by atoms with Crippen molar-refractivity contribution in [3.05, 3.63) is 52.5 Å². The van der Waals surface area contributed by atoms with Gasteiger partial charge in [0.1, 0.15) is 0 Å². The van der Waals surface area contributed by atoms with Gasteiger partial charge >= 0.3 is 0 Å². The van der Waals surface area contributed by atoms with Gasteiger partial charge in [0.2, 0.25) is 15.9 Å². The number of nitriles is 1. The van der Waals surface area contributed by atoms with Gasteiger partial charge in [-0.15, -0.1) is 0 Å². The van der Waals surface area contributed by atoms with Crippen LogP contribution in [0.3, 0.4) is 0 Å². The van der Waals surface area contributed by atoms with Gasteiger partial charge in [-0.3, -0.25) is 4.79 Å². The second kappa shape index (κ2) is 10.3. The summed E-state index contributed by atoms with van der Waals surface area (Å²) in [4.78, 5) is 15.5. The molecule has 0 bridgehead atoms. The number of hydrogen-bond donors (Lipinski definition) is 0. The van der Waals surface area contributed by atoms with Crippen molar-refractivity contribution in [2.24, 2.45) is 5.92 Å². The standard InChI is InChI=1S/C23H26ClN3O3S2/c1-16(2)10-23(28)26-6-8-27(9-7-26)32(29,30)22-13-18(15-25)4-5-21(22)31-20-12-17(3)11-19(24)14-20/h4-5,11-14,16H,6-10H2,1-3H3. The highest BCUT2D eigenvalue weighted by atomic mass is 35.5. The molecule has 1 saturated heterocycles. The van der Waals surface area contributed by atoms with E-state index in [4.69, 9.17) is 11.6 Å². The van der Waals surface area contributed by atoms with Crippen LogP contribution in [0.4, 0.5) is 0 Å². The van der Waals surface area contributed by atoms with Gasteiger partial charge in [0.05, 0.1) is 16.5 Å². The topological polar surface area (TPSA) is 81.5 Å². The van der Waals surface area contributed by atoms with E-state index in [-0.39, 0.29) is 35.4 Å². The molecule has 3 rings (SSSR count). The molecule has 0 radical (unpaired) electrons. The first-order valence-electron chi connectivity index (χ1n) is 10.4. The first-order valence-corrected chi connectivity index (χ1v) is 13.0. The molecule has 32 heavy (non-hydrogen) atoms. The number of sulfonamides is 1. The zero-order valence-corrected chi connectivity index (χ0v) is 20.7. The number of piperazine rings is 1. The molecular formula is C23H26ClN3O3S2. The van der Waals surface area contributed by atoms with Crippen LogP contribution in [-0.4, -0.2) is 49.7 Å². The van der Waals surface area contributed by atoms with E-state index in [2.05, 4.69) is 0 Å². The summed E-state index contributed by atoms with van der Waals surface area (Å²) in [6.45, 7) is 7.07. The Labute approximate surface area is 199 Å². The van der Waals surface area contributed by atoms with Crippen molar-refractivity contribution in [1.82, 2.24) is 9.21 Å². The fourth-order valence-corrected chi connectivity index (χ4v) is 6.84. The van der Waals surface area contributed by atoms with Gasteiger partial charge in [-0.25, -0.2) is 8.42 Å². The molecule has 1 aliphatic heterocycles. The van der Waals surface area contributed by atoms with Crippen LogP contribution in [0.5, 0.6) is 0 Å². The molecule has 1 amide bonds. The van der Waals surface area contributed by atoms with Gasteiger partial charge in [0, 0.05) is 47.4 Å². The van der Waals surface area contributed by atoms with Crippen LogP contribution in [0.25, 0.3) is 0 Å². The van der Waals surface area contributed by atoms with E-state index >= 15 is 0 Å². The van der Waals surface area contributed by atoms with Crippen molar-refractivity contribution in [3.63, 3.8) is 0 Å². The van der Waals surface area contributed by atoms with E-state index in [1.165, 1.54) is 22.1 Å². The molecule has 0 atom stereocenters. The summed E-state index contributed by atoms with van der Waals surface area (Å²) in [6, 6.07) is 12.3. The molecule has 1 heterocycles. The Morgan fingerprint density at radius 3 is 2.44 bits per heavy atom. The van der Waals surface area contributed by atoms with E-state index in [0.717, 1.165) is 10.5 Å². The average Bonchev–Trinajstić information content (AvgIpc) is 2.73. The minimum atomic E-state index is -3.85. The number of benzene rings is 2. The summed E-state index contributed by atoms with van der Waals surface area (Å²) in [5.41, 5.74) is 1.25.